The normalized spacial score (nSPS) is 29.8. The highest BCUT2D eigenvalue weighted by atomic mass is 16.2. The van der Waals surface area contributed by atoms with Crippen LogP contribution in [0, 0.1) is 11.8 Å². The van der Waals surface area contributed by atoms with Gasteiger partial charge in [-0.25, -0.2) is 0 Å². The monoisotopic (exact) mass is 227 g/mol. The van der Waals surface area contributed by atoms with Crippen molar-refractivity contribution in [3.8, 4) is 0 Å². The number of nitrogens with two attached hydrogens (primary N) is 2. The fraction of sp³-hybridized carbons (Fsp3) is 0.818. The molecule has 1 saturated carbocycles. The standard InChI is InChI=1S/C11H21N3O2/c1-7-3-4-8(12)5-9(7)11(16)14(2)6-10(13)15/h7-9H,3-6,12H2,1-2H3,(H2,13,15). The minimum Gasteiger partial charge on any atom is -0.368 e. The largest absolute Gasteiger partial charge is 0.368 e. The molecule has 3 unspecified atom stereocenters. The first kappa shape index (κ1) is 13.0. The molecule has 1 aliphatic carbocycles. The number of rotatable bonds is 3. The third-order valence-electron chi connectivity index (χ3n) is 3.32. The molecule has 16 heavy (non-hydrogen) atoms. The lowest BCUT2D eigenvalue weighted by Gasteiger charge is -2.33. The molecule has 3 atom stereocenters. The molecule has 0 saturated heterocycles. The number of amides is 2. The molecule has 0 aromatic rings. The van der Waals surface area contributed by atoms with Gasteiger partial charge in [-0.3, -0.25) is 9.59 Å². The first-order valence-corrected chi connectivity index (χ1v) is 5.70. The van der Waals surface area contributed by atoms with Gasteiger partial charge in [0.2, 0.25) is 11.8 Å². The molecular weight excluding hydrogens is 206 g/mol. The Morgan fingerprint density at radius 3 is 2.56 bits per heavy atom. The molecule has 1 rings (SSSR count). The maximum Gasteiger partial charge on any atom is 0.237 e. The minimum atomic E-state index is -0.483. The fourth-order valence-electron chi connectivity index (χ4n) is 2.29. The molecule has 5 nitrogen and oxygen atoms in total. The molecule has 0 bridgehead atoms. The molecule has 0 radical (unpaired) electrons. The van der Waals surface area contributed by atoms with Crippen LogP contribution in [0.25, 0.3) is 0 Å². The smallest absolute Gasteiger partial charge is 0.237 e. The van der Waals surface area contributed by atoms with Gasteiger partial charge in [-0.1, -0.05) is 6.92 Å². The second kappa shape index (κ2) is 5.30. The molecule has 0 spiro atoms. The van der Waals surface area contributed by atoms with Crippen LogP contribution >= 0.6 is 0 Å². The quantitative estimate of drug-likeness (QED) is 0.693. The van der Waals surface area contributed by atoms with Crippen molar-refractivity contribution in [2.45, 2.75) is 32.2 Å². The fourth-order valence-corrected chi connectivity index (χ4v) is 2.29. The van der Waals surface area contributed by atoms with Crippen molar-refractivity contribution in [1.29, 1.82) is 0 Å². The van der Waals surface area contributed by atoms with Crippen LogP contribution in [-0.2, 0) is 9.59 Å². The molecular formula is C11H21N3O2. The number of nitrogens with zero attached hydrogens (tertiary/aromatic N) is 1. The molecule has 2 amide bonds. The highest BCUT2D eigenvalue weighted by Crippen LogP contribution is 2.30. The number of likely N-dealkylation sites (N-methyl/N-ethyl adjacent to an activating group) is 1. The van der Waals surface area contributed by atoms with Crippen LogP contribution in [0.3, 0.4) is 0 Å². The number of carbonyl (C=O) groups is 2. The van der Waals surface area contributed by atoms with E-state index in [9.17, 15) is 9.59 Å². The van der Waals surface area contributed by atoms with Crippen LogP contribution in [0.4, 0.5) is 0 Å². The van der Waals surface area contributed by atoms with E-state index in [2.05, 4.69) is 6.92 Å². The van der Waals surface area contributed by atoms with Crippen LogP contribution < -0.4 is 11.5 Å². The zero-order valence-corrected chi connectivity index (χ0v) is 9.98. The van der Waals surface area contributed by atoms with E-state index in [1.165, 1.54) is 4.90 Å². The zero-order valence-electron chi connectivity index (χ0n) is 9.98. The van der Waals surface area contributed by atoms with Crippen LogP contribution in [0.5, 0.6) is 0 Å². The lowest BCUT2D eigenvalue weighted by atomic mass is 9.77. The summed E-state index contributed by atoms with van der Waals surface area (Å²) in [6.07, 6.45) is 2.66. The Balaban J connectivity index is 2.60. The van der Waals surface area contributed by atoms with Crippen LogP contribution in [0.15, 0.2) is 0 Å². The maximum atomic E-state index is 12.1. The van der Waals surface area contributed by atoms with Gasteiger partial charge in [0.15, 0.2) is 0 Å². The number of hydrogen-bond donors (Lipinski definition) is 2. The first-order valence-electron chi connectivity index (χ1n) is 5.70. The highest BCUT2D eigenvalue weighted by molar-refractivity contribution is 5.85. The molecule has 0 aromatic heterocycles. The van der Waals surface area contributed by atoms with E-state index in [0.717, 1.165) is 12.8 Å². The summed E-state index contributed by atoms with van der Waals surface area (Å²) >= 11 is 0. The SMILES string of the molecule is CC1CCC(N)CC1C(=O)N(C)CC(N)=O. The summed E-state index contributed by atoms with van der Waals surface area (Å²) in [5.74, 6) is -0.221. The lowest BCUT2D eigenvalue weighted by molar-refractivity contribution is -0.139. The van der Waals surface area contributed by atoms with Crippen molar-refractivity contribution >= 4 is 11.8 Å². The van der Waals surface area contributed by atoms with Crippen molar-refractivity contribution in [2.75, 3.05) is 13.6 Å². The highest BCUT2D eigenvalue weighted by Gasteiger charge is 2.33. The molecule has 5 heteroatoms. The van der Waals surface area contributed by atoms with E-state index in [4.69, 9.17) is 11.5 Å². The summed E-state index contributed by atoms with van der Waals surface area (Å²) < 4.78 is 0. The average Bonchev–Trinajstić information content (AvgIpc) is 2.19. The predicted molar refractivity (Wildman–Crippen MR) is 61.3 cm³/mol. The van der Waals surface area contributed by atoms with Gasteiger partial charge in [0, 0.05) is 19.0 Å². The van der Waals surface area contributed by atoms with E-state index in [1.54, 1.807) is 7.05 Å². The van der Waals surface area contributed by atoms with Gasteiger partial charge < -0.3 is 16.4 Å². The third kappa shape index (κ3) is 3.20. The number of hydrogen-bond acceptors (Lipinski definition) is 3. The molecule has 1 fully saturated rings. The van der Waals surface area contributed by atoms with E-state index in [1.807, 2.05) is 0 Å². The molecule has 0 heterocycles. The summed E-state index contributed by atoms with van der Waals surface area (Å²) in [6, 6.07) is 0.104. The van der Waals surface area contributed by atoms with Crippen molar-refractivity contribution in [3.63, 3.8) is 0 Å². The topological polar surface area (TPSA) is 89.4 Å². The Hall–Kier alpha value is -1.10. The summed E-state index contributed by atoms with van der Waals surface area (Å²) in [4.78, 5) is 24.2. The minimum absolute atomic E-state index is 0.0125. The Labute approximate surface area is 96.1 Å². The molecule has 4 N–H and O–H groups in total. The van der Waals surface area contributed by atoms with Gasteiger partial charge in [0.1, 0.15) is 0 Å². The Morgan fingerprint density at radius 2 is 2.00 bits per heavy atom. The molecule has 0 aromatic carbocycles. The van der Waals surface area contributed by atoms with Gasteiger partial charge in [0.05, 0.1) is 6.54 Å². The van der Waals surface area contributed by atoms with Crippen LogP contribution in [0.2, 0.25) is 0 Å². The Bertz CT molecular complexity index is 280. The van der Waals surface area contributed by atoms with Gasteiger partial charge >= 0.3 is 0 Å². The summed E-state index contributed by atoms with van der Waals surface area (Å²) in [7, 11) is 1.61. The summed E-state index contributed by atoms with van der Waals surface area (Å²) in [5.41, 5.74) is 10.9. The van der Waals surface area contributed by atoms with Crippen LogP contribution in [0.1, 0.15) is 26.2 Å². The molecule has 1 aliphatic rings. The Kier molecular flexibility index (Phi) is 4.29. The molecule has 0 aliphatic heterocycles. The maximum absolute atomic E-state index is 12.1. The number of carbonyl (C=O) groups excluding carboxylic acids is 2. The second-order valence-electron chi connectivity index (χ2n) is 4.82. The van der Waals surface area contributed by atoms with Crippen molar-refractivity contribution in [3.05, 3.63) is 0 Å². The van der Waals surface area contributed by atoms with Gasteiger partial charge in [-0.15, -0.1) is 0 Å². The van der Waals surface area contributed by atoms with Crippen molar-refractivity contribution < 1.29 is 9.59 Å². The first-order chi connectivity index (χ1) is 7.41. The van der Waals surface area contributed by atoms with Crippen LogP contribution in [-0.4, -0.2) is 36.3 Å². The third-order valence-corrected chi connectivity index (χ3v) is 3.32. The van der Waals surface area contributed by atoms with E-state index < -0.39 is 5.91 Å². The zero-order chi connectivity index (χ0) is 12.3. The lowest BCUT2D eigenvalue weighted by Crippen LogP contribution is -2.44. The van der Waals surface area contributed by atoms with E-state index in [0.29, 0.717) is 12.3 Å². The predicted octanol–water partition coefficient (Wildman–Crippen LogP) is -0.306. The van der Waals surface area contributed by atoms with Gasteiger partial charge in [0.25, 0.3) is 0 Å². The van der Waals surface area contributed by atoms with Gasteiger partial charge in [-0.2, -0.15) is 0 Å². The van der Waals surface area contributed by atoms with E-state index >= 15 is 0 Å². The molecule has 92 valence electrons. The summed E-state index contributed by atoms with van der Waals surface area (Å²) in [5, 5.41) is 0. The van der Waals surface area contributed by atoms with Gasteiger partial charge in [-0.05, 0) is 25.2 Å². The van der Waals surface area contributed by atoms with Crippen molar-refractivity contribution in [2.24, 2.45) is 23.3 Å². The second-order valence-corrected chi connectivity index (χ2v) is 4.82. The Morgan fingerprint density at radius 1 is 1.38 bits per heavy atom. The van der Waals surface area contributed by atoms with E-state index in [-0.39, 0.29) is 24.4 Å². The average molecular weight is 227 g/mol. The summed E-state index contributed by atoms with van der Waals surface area (Å²) in [6.45, 7) is 2.05. The number of primary amides is 1. The van der Waals surface area contributed by atoms with Crippen molar-refractivity contribution in [1.82, 2.24) is 4.90 Å².